The summed E-state index contributed by atoms with van der Waals surface area (Å²) in [5.41, 5.74) is 0.700. The molecule has 2 rings (SSSR count). The standard InChI is InChI=1S/C14H20FNO3S/c15-14-6-2-1-5-12(14)11-16(13-7-8-13)9-3-4-10-20(17,18)19/h1-2,5-6,13H,3-4,7-11H2,(H,17,18,19). The van der Waals surface area contributed by atoms with Gasteiger partial charge >= 0.3 is 0 Å². The van der Waals surface area contributed by atoms with Crippen molar-refractivity contribution in [1.29, 1.82) is 0 Å². The first kappa shape index (κ1) is 15.4. The van der Waals surface area contributed by atoms with Crippen LogP contribution >= 0.6 is 0 Å². The SMILES string of the molecule is O=S(=O)([O-])CCCC[NH+](Cc1ccccc1F)C1CC1. The maximum Gasteiger partial charge on any atom is 0.132 e. The normalized spacial score (nSPS) is 17.1. The highest BCUT2D eigenvalue weighted by molar-refractivity contribution is 7.85. The zero-order chi connectivity index (χ0) is 14.6. The molecule has 20 heavy (non-hydrogen) atoms. The van der Waals surface area contributed by atoms with E-state index in [2.05, 4.69) is 0 Å². The summed E-state index contributed by atoms with van der Waals surface area (Å²) < 4.78 is 45.3. The smallest absolute Gasteiger partial charge is 0.132 e. The summed E-state index contributed by atoms with van der Waals surface area (Å²) >= 11 is 0. The molecule has 0 spiro atoms. The summed E-state index contributed by atoms with van der Waals surface area (Å²) in [6.45, 7) is 1.41. The third-order valence-electron chi connectivity index (χ3n) is 3.67. The number of hydrogen-bond donors (Lipinski definition) is 1. The van der Waals surface area contributed by atoms with Gasteiger partial charge in [0.1, 0.15) is 12.4 Å². The van der Waals surface area contributed by atoms with Crippen LogP contribution in [0, 0.1) is 5.82 Å². The molecule has 0 aromatic heterocycles. The highest BCUT2D eigenvalue weighted by atomic mass is 32.2. The lowest BCUT2D eigenvalue weighted by molar-refractivity contribution is -0.925. The van der Waals surface area contributed by atoms with Crippen molar-refractivity contribution in [2.75, 3.05) is 12.3 Å². The Balaban J connectivity index is 1.84. The van der Waals surface area contributed by atoms with Crippen LogP contribution in [0.25, 0.3) is 0 Å². The highest BCUT2D eigenvalue weighted by Gasteiger charge is 2.33. The van der Waals surface area contributed by atoms with Crippen molar-refractivity contribution < 1.29 is 22.3 Å². The van der Waals surface area contributed by atoms with Crippen LogP contribution in [0.5, 0.6) is 0 Å². The number of benzene rings is 1. The summed E-state index contributed by atoms with van der Waals surface area (Å²) in [5.74, 6) is -0.488. The van der Waals surface area contributed by atoms with Gasteiger partial charge < -0.3 is 9.45 Å². The second-order valence-corrected chi connectivity index (χ2v) is 6.94. The zero-order valence-corrected chi connectivity index (χ0v) is 12.2. The molecule has 4 nitrogen and oxygen atoms in total. The molecule has 1 fully saturated rings. The Bertz CT molecular complexity index is 543. The predicted molar refractivity (Wildman–Crippen MR) is 72.8 cm³/mol. The number of quaternary nitrogens is 1. The van der Waals surface area contributed by atoms with E-state index in [4.69, 9.17) is 0 Å². The van der Waals surface area contributed by atoms with Gasteiger partial charge in [0.25, 0.3) is 0 Å². The van der Waals surface area contributed by atoms with E-state index < -0.39 is 10.1 Å². The van der Waals surface area contributed by atoms with Crippen molar-refractivity contribution in [3.63, 3.8) is 0 Å². The lowest BCUT2D eigenvalue weighted by Crippen LogP contribution is -3.12. The average molecular weight is 301 g/mol. The van der Waals surface area contributed by atoms with Crippen molar-refractivity contribution in [2.24, 2.45) is 0 Å². The minimum Gasteiger partial charge on any atom is -0.748 e. The monoisotopic (exact) mass is 301 g/mol. The van der Waals surface area contributed by atoms with Gasteiger partial charge in [0.2, 0.25) is 0 Å². The van der Waals surface area contributed by atoms with Gasteiger partial charge in [-0.2, -0.15) is 0 Å². The number of nitrogens with one attached hydrogen (secondary N) is 1. The van der Waals surface area contributed by atoms with Gasteiger partial charge in [-0.25, -0.2) is 12.8 Å². The minimum atomic E-state index is -4.11. The Labute approximate surface area is 119 Å². The van der Waals surface area contributed by atoms with E-state index in [1.54, 1.807) is 12.1 Å². The molecule has 1 aliphatic carbocycles. The summed E-state index contributed by atoms with van der Waals surface area (Å²) in [6.07, 6.45) is 3.36. The number of unbranched alkanes of at least 4 members (excludes halogenated alkanes) is 1. The first-order valence-corrected chi connectivity index (χ1v) is 8.55. The fourth-order valence-electron chi connectivity index (χ4n) is 2.45. The molecule has 0 amide bonds. The first-order chi connectivity index (χ1) is 9.46. The Morgan fingerprint density at radius 2 is 1.95 bits per heavy atom. The second-order valence-electron chi connectivity index (χ2n) is 5.42. The summed E-state index contributed by atoms with van der Waals surface area (Å²) in [7, 11) is -4.11. The molecular formula is C14H20FNO3S. The molecule has 0 heterocycles. The molecule has 1 aromatic rings. The van der Waals surface area contributed by atoms with Crippen molar-refractivity contribution in [2.45, 2.75) is 38.3 Å². The van der Waals surface area contributed by atoms with Gasteiger partial charge in [0.15, 0.2) is 0 Å². The van der Waals surface area contributed by atoms with Crippen LogP contribution in [-0.4, -0.2) is 31.3 Å². The Hall–Kier alpha value is -0.980. The van der Waals surface area contributed by atoms with Crippen LogP contribution in [0.2, 0.25) is 0 Å². The maximum absolute atomic E-state index is 13.6. The van der Waals surface area contributed by atoms with E-state index in [1.165, 1.54) is 11.0 Å². The van der Waals surface area contributed by atoms with Crippen LogP contribution in [0.15, 0.2) is 24.3 Å². The molecule has 112 valence electrons. The fourth-order valence-corrected chi connectivity index (χ4v) is 3.00. The second kappa shape index (κ2) is 6.65. The molecule has 0 bridgehead atoms. The van der Waals surface area contributed by atoms with Gasteiger partial charge in [-0.15, -0.1) is 0 Å². The number of rotatable bonds is 8. The van der Waals surface area contributed by atoms with Crippen LogP contribution in [0.1, 0.15) is 31.2 Å². The topological polar surface area (TPSA) is 61.6 Å². The van der Waals surface area contributed by atoms with Crippen molar-refractivity contribution >= 4 is 10.1 Å². The molecule has 0 radical (unpaired) electrons. The van der Waals surface area contributed by atoms with E-state index in [9.17, 15) is 17.4 Å². The van der Waals surface area contributed by atoms with E-state index in [1.807, 2.05) is 6.07 Å². The zero-order valence-electron chi connectivity index (χ0n) is 11.3. The van der Waals surface area contributed by atoms with E-state index in [0.29, 0.717) is 31.0 Å². The Kier molecular flexibility index (Phi) is 5.12. The van der Waals surface area contributed by atoms with E-state index >= 15 is 0 Å². The van der Waals surface area contributed by atoms with Crippen molar-refractivity contribution in [1.82, 2.24) is 0 Å². The van der Waals surface area contributed by atoms with E-state index in [0.717, 1.165) is 19.4 Å². The van der Waals surface area contributed by atoms with Gasteiger partial charge in [-0.05, 0) is 18.9 Å². The lowest BCUT2D eigenvalue weighted by atomic mass is 10.2. The van der Waals surface area contributed by atoms with Crippen molar-refractivity contribution in [3.05, 3.63) is 35.6 Å². The third kappa shape index (κ3) is 5.19. The Morgan fingerprint density at radius 3 is 2.55 bits per heavy atom. The molecule has 6 heteroatoms. The van der Waals surface area contributed by atoms with Gasteiger partial charge in [0.05, 0.1) is 22.7 Å². The number of hydrogen-bond acceptors (Lipinski definition) is 3. The maximum atomic E-state index is 13.6. The molecular weight excluding hydrogens is 281 g/mol. The quantitative estimate of drug-likeness (QED) is 0.568. The molecule has 1 unspecified atom stereocenters. The average Bonchev–Trinajstić information content (AvgIpc) is 3.18. The molecule has 1 aliphatic rings. The minimum absolute atomic E-state index is 0.187. The summed E-state index contributed by atoms with van der Waals surface area (Å²) in [5, 5.41) is 0. The van der Waals surface area contributed by atoms with Crippen molar-refractivity contribution in [3.8, 4) is 0 Å². The molecule has 0 saturated heterocycles. The van der Waals surface area contributed by atoms with Crippen LogP contribution in [-0.2, 0) is 16.7 Å². The molecule has 1 saturated carbocycles. The van der Waals surface area contributed by atoms with Gasteiger partial charge in [0, 0.05) is 24.2 Å². The molecule has 1 aromatic carbocycles. The predicted octanol–water partition coefficient (Wildman–Crippen LogP) is 0.698. The summed E-state index contributed by atoms with van der Waals surface area (Å²) in [4.78, 5) is 1.29. The van der Waals surface area contributed by atoms with Crippen LogP contribution in [0.4, 0.5) is 4.39 Å². The summed E-state index contributed by atoms with van der Waals surface area (Å²) in [6, 6.07) is 7.31. The largest absolute Gasteiger partial charge is 0.748 e. The first-order valence-electron chi connectivity index (χ1n) is 6.97. The fraction of sp³-hybridized carbons (Fsp3) is 0.571. The molecule has 1 N–H and O–H groups in total. The number of halogens is 1. The lowest BCUT2D eigenvalue weighted by Gasteiger charge is -2.19. The molecule has 1 atom stereocenters. The van der Waals surface area contributed by atoms with Gasteiger partial charge in [-0.3, -0.25) is 0 Å². The Morgan fingerprint density at radius 1 is 1.25 bits per heavy atom. The third-order valence-corrected chi connectivity index (χ3v) is 4.46. The van der Waals surface area contributed by atoms with Gasteiger partial charge in [-0.1, -0.05) is 18.2 Å². The molecule has 0 aliphatic heterocycles. The van der Waals surface area contributed by atoms with Crippen LogP contribution in [0.3, 0.4) is 0 Å². The van der Waals surface area contributed by atoms with Crippen LogP contribution < -0.4 is 4.90 Å². The van der Waals surface area contributed by atoms with E-state index in [-0.39, 0.29) is 11.6 Å². The highest BCUT2D eigenvalue weighted by Crippen LogP contribution is 2.16.